The summed E-state index contributed by atoms with van der Waals surface area (Å²) >= 11 is 0. The van der Waals surface area contributed by atoms with Gasteiger partial charge >= 0.3 is 0 Å². The topological polar surface area (TPSA) is 51.8 Å². The van der Waals surface area contributed by atoms with Gasteiger partial charge in [0.25, 0.3) is 0 Å². The number of hydrogen-bond acceptors (Lipinski definition) is 3. The first kappa shape index (κ1) is 13.5. The van der Waals surface area contributed by atoms with E-state index in [1.165, 1.54) is 12.1 Å². The van der Waals surface area contributed by atoms with E-state index in [1.54, 1.807) is 0 Å². The fourth-order valence-corrected chi connectivity index (χ4v) is 1.88. The molecule has 1 heterocycles. The number of nitrogens with zero attached hydrogens (tertiary/aromatic N) is 2. The van der Waals surface area contributed by atoms with E-state index in [1.807, 2.05) is 19.9 Å². The smallest absolute Gasteiger partial charge is 0.159 e. The van der Waals surface area contributed by atoms with Crippen LogP contribution < -0.4 is 5.73 Å². The van der Waals surface area contributed by atoms with Gasteiger partial charge < -0.3 is 5.73 Å². The van der Waals surface area contributed by atoms with Crippen LogP contribution in [0, 0.1) is 18.6 Å². The van der Waals surface area contributed by atoms with Crippen LogP contribution in [0.3, 0.4) is 0 Å². The van der Waals surface area contributed by atoms with Gasteiger partial charge in [-0.2, -0.15) is 0 Å². The Morgan fingerprint density at radius 1 is 1.11 bits per heavy atom. The minimum atomic E-state index is -0.645. The number of hydrogen-bond donors (Lipinski definition) is 1. The molecule has 0 saturated carbocycles. The lowest BCUT2D eigenvalue weighted by Gasteiger charge is -2.08. The number of halogens is 2. The molecule has 19 heavy (non-hydrogen) atoms. The van der Waals surface area contributed by atoms with E-state index in [4.69, 9.17) is 5.73 Å². The Hall–Kier alpha value is -1.88. The van der Waals surface area contributed by atoms with Gasteiger partial charge in [-0.25, -0.2) is 18.7 Å². The number of benzene rings is 1. The van der Waals surface area contributed by atoms with Crippen LogP contribution in [-0.4, -0.2) is 16.0 Å². The van der Waals surface area contributed by atoms with Crippen molar-refractivity contribution in [2.24, 2.45) is 5.73 Å². The van der Waals surface area contributed by atoms with Crippen molar-refractivity contribution >= 4 is 0 Å². The summed E-state index contributed by atoms with van der Waals surface area (Å²) in [6.45, 7) is 3.69. The number of rotatable bonds is 3. The van der Waals surface area contributed by atoms with Gasteiger partial charge in [0.15, 0.2) is 5.82 Å². The molecular weight excluding hydrogens is 248 g/mol. The van der Waals surface area contributed by atoms with Crippen molar-refractivity contribution in [3.63, 3.8) is 0 Å². The highest BCUT2D eigenvalue weighted by Crippen LogP contribution is 2.19. The summed E-state index contributed by atoms with van der Waals surface area (Å²) in [5.74, 6) is -0.975. The second kappa shape index (κ2) is 5.40. The standard InChI is InChI=1S/C14H15F2N3/c1-8(17)3-13-4-9(2)18-14(19-13)10-5-11(15)7-12(16)6-10/h4-8H,3,17H2,1-2H3. The van der Waals surface area contributed by atoms with Crippen LogP contribution in [0.5, 0.6) is 0 Å². The Balaban J connectivity index is 2.46. The summed E-state index contributed by atoms with van der Waals surface area (Å²) in [7, 11) is 0. The van der Waals surface area contributed by atoms with Gasteiger partial charge in [0.05, 0.1) is 0 Å². The van der Waals surface area contributed by atoms with E-state index in [-0.39, 0.29) is 6.04 Å². The van der Waals surface area contributed by atoms with Crippen LogP contribution >= 0.6 is 0 Å². The summed E-state index contributed by atoms with van der Waals surface area (Å²) < 4.78 is 26.4. The quantitative estimate of drug-likeness (QED) is 0.926. The summed E-state index contributed by atoms with van der Waals surface area (Å²) in [5, 5.41) is 0. The van der Waals surface area contributed by atoms with Crippen LogP contribution in [0.4, 0.5) is 8.78 Å². The zero-order valence-corrected chi connectivity index (χ0v) is 10.8. The third-order valence-corrected chi connectivity index (χ3v) is 2.56. The van der Waals surface area contributed by atoms with Crippen LogP contribution in [0.15, 0.2) is 24.3 Å². The van der Waals surface area contributed by atoms with Gasteiger partial charge in [-0.05, 0) is 32.0 Å². The Bertz CT molecular complexity index is 577. The van der Waals surface area contributed by atoms with Crippen molar-refractivity contribution in [1.29, 1.82) is 0 Å². The van der Waals surface area contributed by atoms with Crippen molar-refractivity contribution < 1.29 is 8.78 Å². The molecule has 0 aliphatic heterocycles. The van der Waals surface area contributed by atoms with E-state index in [0.717, 1.165) is 17.5 Å². The molecule has 0 aliphatic rings. The van der Waals surface area contributed by atoms with Gasteiger partial charge in [-0.15, -0.1) is 0 Å². The number of aryl methyl sites for hydroxylation is 1. The molecule has 0 fully saturated rings. The lowest BCUT2D eigenvalue weighted by atomic mass is 10.1. The highest BCUT2D eigenvalue weighted by molar-refractivity contribution is 5.55. The van der Waals surface area contributed by atoms with E-state index in [9.17, 15) is 8.78 Å². The van der Waals surface area contributed by atoms with Gasteiger partial charge in [0.1, 0.15) is 11.6 Å². The molecule has 1 aromatic carbocycles. The maximum Gasteiger partial charge on any atom is 0.159 e. The molecule has 0 saturated heterocycles. The number of aromatic nitrogens is 2. The molecule has 2 aromatic rings. The maximum absolute atomic E-state index is 13.2. The predicted octanol–water partition coefficient (Wildman–Crippen LogP) is 2.62. The fourth-order valence-electron chi connectivity index (χ4n) is 1.88. The molecule has 0 radical (unpaired) electrons. The van der Waals surface area contributed by atoms with Gasteiger partial charge in [-0.1, -0.05) is 0 Å². The molecule has 1 unspecified atom stereocenters. The third kappa shape index (κ3) is 3.54. The second-order valence-corrected chi connectivity index (χ2v) is 4.66. The van der Waals surface area contributed by atoms with E-state index in [0.29, 0.717) is 17.8 Å². The summed E-state index contributed by atoms with van der Waals surface area (Å²) in [6.07, 6.45) is 0.591. The van der Waals surface area contributed by atoms with Crippen LogP contribution in [0.25, 0.3) is 11.4 Å². The first-order valence-corrected chi connectivity index (χ1v) is 6.00. The lowest BCUT2D eigenvalue weighted by Crippen LogP contribution is -2.19. The van der Waals surface area contributed by atoms with Crippen molar-refractivity contribution in [2.75, 3.05) is 0 Å². The maximum atomic E-state index is 13.2. The molecular formula is C14H15F2N3. The minimum absolute atomic E-state index is 0.0357. The first-order chi connectivity index (χ1) is 8.94. The molecule has 0 aliphatic carbocycles. The largest absolute Gasteiger partial charge is 0.328 e. The molecule has 2 N–H and O–H groups in total. The molecule has 1 atom stereocenters. The molecule has 1 aromatic heterocycles. The van der Waals surface area contributed by atoms with E-state index >= 15 is 0 Å². The van der Waals surface area contributed by atoms with Crippen molar-refractivity contribution in [3.05, 3.63) is 47.3 Å². The van der Waals surface area contributed by atoms with Gasteiger partial charge in [0, 0.05) is 35.5 Å². The van der Waals surface area contributed by atoms with Crippen LogP contribution in [0.2, 0.25) is 0 Å². The fraction of sp³-hybridized carbons (Fsp3) is 0.286. The summed E-state index contributed by atoms with van der Waals surface area (Å²) in [6, 6.07) is 5.04. The average Bonchev–Trinajstić information content (AvgIpc) is 2.25. The molecule has 5 heteroatoms. The molecule has 100 valence electrons. The first-order valence-electron chi connectivity index (χ1n) is 6.00. The van der Waals surface area contributed by atoms with Gasteiger partial charge in [-0.3, -0.25) is 0 Å². The predicted molar refractivity (Wildman–Crippen MR) is 69.5 cm³/mol. The Morgan fingerprint density at radius 2 is 1.74 bits per heavy atom. The van der Waals surface area contributed by atoms with Gasteiger partial charge in [0.2, 0.25) is 0 Å². The van der Waals surface area contributed by atoms with E-state index in [2.05, 4.69) is 9.97 Å². The summed E-state index contributed by atoms with van der Waals surface area (Å²) in [4.78, 5) is 8.51. The zero-order valence-electron chi connectivity index (χ0n) is 10.8. The lowest BCUT2D eigenvalue weighted by molar-refractivity contribution is 0.584. The second-order valence-electron chi connectivity index (χ2n) is 4.66. The highest BCUT2D eigenvalue weighted by Gasteiger charge is 2.09. The van der Waals surface area contributed by atoms with E-state index < -0.39 is 11.6 Å². The Morgan fingerprint density at radius 3 is 2.32 bits per heavy atom. The molecule has 0 bridgehead atoms. The molecule has 0 spiro atoms. The van der Waals surface area contributed by atoms with Crippen LogP contribution in [-0.2, 0) is 6.42 Å². The third-order valence-electron chi connectivity index (χ3n) is 2.56. The average molecular weight is 263 g/mol. The van der Waals surface area contributed by atoms with Crippen molar-refractivity contribution in [2.45, 2.75) is 26.3 Å². The van der Waals surface area contributed by atoms with Crippen LogP contribution in [0.1, 0.15) is 18.3 Å². The molecule has 3 nitrogen and oxygen atoms in total. The SMILES string of the molecule is Cc1cc(CC(C)N)nc(-c2cc(F)cc(F)c2)n1. The monoisotopic (exact) mass is 263 g/mol. The van der Waals surface area contributed by atoms with Crippen molar-refractivity contribution in [1.82, 2.24) is 9.97 Å². The molecule has 0 amide bonds. The number of nitrogens with two attached hydrogens (primary N) is 1. The highest BCUT2D eigenvalue weighted by atomic mass is 19.1. The Kier molecular flexibility index (Phi) is 3.85. The normalized spacial score (nSPS) is 12.5. The molecule has 2 rings (SSSR count). The van der Waals surface area contributed by atoms with Crippen molar-refractivity contribution in [3.8, 4) is 11.4 Å². The Labute approximate surface area is 110 Å². The zero-order chi connectivity index (χ0) is 14.0. The summed E-state index contributed by atoms with van der Waals surface area (Å²) in [5.41, 5.74) is 7.56. The minimum Gasteiger partial charge on any atom is -0.328 e.